The number of hydrogen-bond donors (Lipinski definition) is 5. The van der Waals surface area contributed by atoms with Crippen molar-refractivity contribution >= 4 is 27.4 Å². The van der Waals surface area contributed by atoms with Gasteiger partial charge in [0.15, 0.2) is 5.78 Å². The number of aliphatic hydroxyl groups excluding tert-OH is 3. The van der Waals surface area contributed by atoms with Crippen LogP contribution in [0.5, 0.6) is 5.75 Å². The van der Waals surface area contributed by atoms with Crippen molar-refractivity contribution in [2.75, 3.05) is 24.7 Å². The molecule has 5 N–H and O–H groups in total. The van der Waals surface area contributed by atoms with E-state index in [9.17, 15) is 30.3 Å². The highest BCUT2D eigenvalue weighted by molar-refractivity contribution is 8.76. The van der Waals surface area contributed by atoms with Gasteiger partial charge in [0.25, 0.3) is 0 Å². The minimum absolute atomic E-state index is 0.0162. The van der Waals surface area contributed by atoms with E-state index in [0.717, 1.165) is 52.2 Å². The first-order chi connectivity index (χ1) is 22.5. The van der Waals surface area contributed by atoms with Crippen LogP contribution in [-0.4, -0.2) is 67.7 Å². The number of aliphatic hydroxyl groups is 4. The first-order valence-corrected chi connectivity index (χ1v) is 19.5. The van der Waals surface area contributed by atoms with E-state index in [1.807, 2.05) is 25.2 Å². The fourth-order valence-electron chi connectivity index (χ4n) is 8.46. The van der Waals surface area contributed by atoms with Gasteiger partial charge >= 0.3 is 0 Å². The Labute approximate surface area is 289 Å². The van der Waals surface area contributed by atoms with Gasteiger partial charge in [-0.05, 0) is 113 Å². The Hall–Kier alpha value is -2.07. The summed E-state index contributed by atoms with van der Waals surface area (Å²) in [7, 11) is 3.47. The van der Waals surface area contributed by atoms with E-state index in [2.05, 4.69) is 26.5 Å². The minimum Gasteiger partial charge on any atom is -0.508 e. The largest absolute Gasteiger partial charge is 0.508 e. The van der Waals surface area contributed by atoms with Crippen LogP contribution in [0.2, 0.25) is 0 Å². The van der Waals surface area contributed by atoms with Crippen molar-refractivity contribution in [3.05, 3.63) is 88.6 Å². The van der Waals surface area contributed by atoms with Crippen LogP contribution >= 0.6 is 21.6 Å². The van der Waals surface area contributed by atoms with Crippen molar-refractivity contribution in [3.8, 4) is 5.75 Å². The molecule has 2 saturated carbocycles. The Bertz CT molecular complexity index is 1370. The molecule has 6 nitrogen and oxygen atoms in total. The van der Waals surface area contributed by atoms with Gasteiger partial charge in [-0.15, -0.1) is 0 Å². The second kappa shape index (κ2) is 17.0. The monoisotopic (exact) mass is 682 g/mol. The summed E-state index contributed by atoms with van der Waals surface area (Å²) in [6, 6.07) is 6.74. The SMILES string of the molecule is C=C(/C=C/C=C(/CO)[C@H]1C[C@H]2CSSCC/C(C(=O)Cc3ccc(O)cc3)=C3\CC[C@@](C)(O)[C@]2([C@@H]3CCCO)[C@@H]1O)CCC=C(C)C. The molecule has 6 atom stereocenters. The van der Waals surface area contributed by atoms with Gasteiger partial charge < -0.3 is 25.5 Å². The lowest BCUT2D eigenvalue weighted by molar-refractivity contribution is -0.184. The van der Waals surface area contributed by atoms with Gasteiger partial charge in [-0.3, -0.25) is 4.79 Å². The van der Waals surface area contributed by atoms with Gasteiger partial charge in [0.05, 0.1) is 18.3 Å². The van der Waals surface area contributed by atoms with Gasteiger partial charge in [-0.1, -0.05) is 81.3 Å². The topological polar surface area (TPSA) is 118 Å². The van der Waals surface area contributed by atoms with Gasteiger partial charge in [-0.2, -0.15) is 0 Å². The molecule has 0 aromatic heterocycles. The summed E-state index contributed by atoms with van der Waals surface area (Å²) >= 11 is 0. The Morgan fingerprint density at radius 1 is 1.13 bits per heavy atom. The van der Waals surface area contributed by atoms with Crippen LogP contribution < -0.4 is 0 Å². The number of aromatic hydroxyl groups is 1. The lowest BCUT2D eigenvalue weighted by atomic mass is 9.49. The highest BCUT2D eigenvalue weighted by atomic mass is 33.1. The Morgan fingerprint density at radius 3 is 2.55 bits per heavy atom. The number of Topliss-reactive ketones (excluding diaryl/α,β-unsaturated/α-hetero) is 1. The van der Waals surface area contributed by atoms with Gasteiger partial charge in [0.2, 0.25) is 0 Å². The number of fused-ring (bicyclic) bond motifs is 1. The zero-order valence-electron chi connectivity index (χ0n) is 28.3. The quantitative estimate of drug-likeness (QED) is 0.0838. The fraction of sp³-hybridized carbons (Fsp3) is 0.564. The molecule has 1 heterocycles. The molecule has 1 spiro atoms. The average Bonchev–Trinajstić information content (AvgIpc) is 3.31. The normalized spacial score (nSPS) is 31.4. The third-order valence-corrected chi connectivity index (χ3v) is 13.2. The van der Waals surface area contributed by atoms with E-state index in [-0.39, 0.29) is 48.9 Å². The van der Waals surface area contributed by atoms with E-state index < -0.39 is 17.1 Å². The molecular formula is C39H54O6S2. The number of carbonyl (C=O) groups excluding carboxylic acids is 1. The first kappa shape index (κ1) is 37.7. The standard InChI is InChI=1S/C39H54O6S2/c1-26(2)8-5-9-27(3)10-6-11-29(24-41)34-23-30-25-47-46-21-18-33(36(43)22-28-13-15-31(42)16-14-28)32-17-19-38(4,45)39(30,37(34)44)35(32)12-7-20-40/h6,8,10-11,13-16,30,34-35,37,40-42,44-45H,3,5,7,9,12,17-25H2,1-2,4H3/b10-6+,29-11-,33-32-/t30-,34+,35+,37+,38+,39+/m0/s1. The number of ketones is 1. The average molecular weight is 683 g/mol. The van der Waals surface area contributed by atoms with E-state index >= 15 is 0 Å². The van der Waals surface area contributed by atoms with Crippen molar-refractivity contribution in [3.63, 3.8) is 0 Å². The lowest BCUT2D eigenvalue weighted by Gasteiger charge is -2.58. The Morgan fingerprint density at radius 2 is 1.87 bits per heavy atom. The number of phenols is 1. The molecular weight excluding hydrogens is 629 g/mol. The molecule has 1 aromatic rings. The molecule has 2 bridgehead atoms. The maximum absolute atomic E-state index is 14.1. The molecule has 47 heavy (non-hydrogen) atoms. The summed E-state index contributed by atoms with van der Waals surface area (Å²) in [5, 5.41) is 55.4. The van der Waals surface area contributed by atoms with Crippen LogP contribution in [0, 0.1) is 23.2 Å². The summed E-state index contributed by atoms with van der Waals surface area (Å²) in [5.41, 5.74) is 3.45. The second-order valence-corrected chi connectivity index (χ2v) is 16.6. The highest BCUT2D eigenvalue weighted by Crippen LogP contribution is 2.66. The Kier molecular flexibility index (Phi) is 13.7. The molecule has 1 aromatic carbocycles. The van der Waals surface area contributed by atoms with Crippen LogP contribution in [0.4, 0.5) is 0 Å². The smallest absolute Gasteiger partial charge is 0.163 e. The first-order valence-electron chi connectivity index (χ1n) is 17.0. The molecule has 1 aliphatic heterocycles. The highest BCUT2D eigenvalue weighted by Gasteiger charge is 2.68. The summed E-state index contributed by atoms with van der Waals surface area (Å²) in [6.45, 7) is 9.97. The van der Waals surface area contributed by atoms with Crippen LogP contribution in [0.3, 0.4) is 0 Å². The van der Waals surface area contributed by atoms with Crippen molar-refractivity contribution in [2.45, 2.75) is 90.3 Å². The van der Waals surface area contributed by atoms with Crippen molar-refractivity contribution in [2.24, 2.45) is 23.2 Å². The molecule has 4 rings (SSSR count). The van der Waals surface area contributed by atoms with Crippen LogP contribution in [0.25, 0.3) is 0 Å². The summed E-state index contributed by atoms with van der Waals surface area (Å²) < 4.78 is 0. The molecule has 8 heteroatoms. The number of allylic oxidation sites excluding steroid dienone is 8. The Balaban J connectivity index is 1.76. The zero-order chi connectivity index (χ0) is 34.2. The number of benzene rings is 1. The second-order valence-electron chi connectivity index (χ2n) is 14.0. The number of rotatable bonds is 13. The molecule has 3 aliphatic rings. The number of phenolic OH excluding ortho intramolecular Hbond substituents is 1. The summed E-state index contributed by atoms with van der Waals surface area (Å²) in [5.74, 6) is 0.984. The van der Waals surface area contributed by atoms with Crippen LogP contribution in [-0.2, 0) is 11.2 Å². The predicted octanol–water partition coefficient (Wildman–Crippen LogP) is 7.28. The summed E-state index contributed by atoms with van der Waals surface area (Å²) in [6.07, 6.45) is 12.2. The third-order valence-electron chi connectivity index (χ3n) is 10.7. The van der Waals surface area contributed by atoms with Crippen LogP contribution in [0.1, 0.15) is 77.7 Å². The third kappa shape index (κ3) is 8.57. The van der Waals surface area contributed by atoms with Gasteiger partial charge in [0.1, 0.15) is 5.75 Å². The van der Waals surface area contributed by atoms with Crippen LogP contribution in [0.15, 0.2) is 83.0 Å². The zero-order valence-corrected chi connectivity index (χ0v) is 29.9. The fourth-order valence-corrected chi connectivity index (χ4v) is 10.9. The van der Waals surface area contributed by atoms with E-state index in [1.54, 1.807) is 45.9 Å². The minimum atomic E-state index is -1.22. The van der Waals surface area contributed by atoms with Crippen molar-refractivity contribution < 1.29 is 30.3 Å². The number of carbonyl (C=O) groups is 1. The molecule has 0 amide bonds. The molecule has 258 valence electrons. The van der Waals surface area contributed by atoms with E-state index in [0.29, 0.717) is 38.5 Å². The summed E-state index contributed by atoms with van der Waals surface area (Å²) in [4.78, 5) is 14.1. The lowest BCUT2D eigenvalue weighted by Crippen LogP contribution is -2.62. The molecule has 0 saturated heterocycles. The maximum atomic E-state index is 14.1. The van der Waals surface area contributed by atoms with Gasteiger partial charge in [-0.25, -0.2) is 0 Å². The maximum Gasteiger partial charge on any atom is 0.163 e. The van der Waals surface area contributed by atoms with Crippen molar-refractivity contribution in [1.82, 2.24) is 0 Å². The van der Waals surface area contributed by atoms with E-state index in [1.165, 1.54) is 5.57 Å². The molecule has 0 radical (unpaired) electrons. The molecule has 0 unspecified atom stereocenters. The van der Waals surface area contributed by atoms with Gasteiger partial charge in [0, 0.05) is 35.9 Å². The molecule has 2 aliphatic carbocycles. The molecule has 2 fully saturated rings. The predicted molar refractivity (Wildman–Crippen MR) is 195 cm³/mol. The van der Waals surface area contributed by atoms with E-state index in [4.69, 9.17) is 0 Å². The number of hydrogen-bond acceptors (Lipinski definition) is 8. The van der Waals surface area contributed by atoms with Crippen molar-refractivity contribution in [1.29, 1.82) is 0 Å².